The number of benzene rings is 1. The molecule has 1 aromatic rings. The Kier molecular flexibility index (Phi) is 6.84. The molecule has 25 heavy (non-hydrogen) atoms. The first-order chi connectivity index (χ1) is 12.3. The molecule has 138 valence electrons. The van der Waals surface area contributed by atoms with E-state index in [1.165, 1.54) is 18.4 Å². The third-order valence-electron chi connectivity index (χ3n) is 5.36. The van der Waals surface area contributed by atoms with Crippen LogP contribution in [0.2, 0.25) is 0 Å². The van der Waals surface area contributed by atoms with E-state index < -0.39 is 0 Å². The third-order valence-corrected chi connectivity index (χ3v) is 5.36. The number of methoxy groups -OCH3 is 1. The van der Waals surface area contributed by atoms with Crippen LogP contribution in [-0.2, 0) is 20.8 Å². The number of hydrogen-bond donors (Lipinski definition) is 0. The van der Waals surface area contributed by atoms with Crippen molar-refractivity contribution in [1.29, 1.82) is 0 Å². The molecule has 2 atom stereocenters. The Morgan fingerprint density at radius 1 is 1.08 bits per heavy atom. The van der Waals surface area contributed by atoms with E-state index in [2.05, 4.69) is 40.1 Å². The summed E-state index contributed by atoms with van der Waals surface area (Å²) in [4.78, 5) is 17.2. The quantitative estimate of drug-likeness (QED) is 0.678. The molecule has 5 nitrogen and oxygen atoms in total. The molecule has 2 saturated heterocycles. The van der Waals surface area contributed by atoms with Crippen molar-refractivity contribution in [2.24, 2.45) is 0 Å². The maximum absolute atomic E-state index is 12.6. The van der Waals surface area contributed by atoms with Crippen molar-refractivity contribution in [3.05, 3.63) is 35.9 Å². The van der Waals surface area contributed by atoms with E-state index in [0.717, 1.165) is 32.5 Å². The first-order valence-corrected chi connectivity index (χ1v) is 9.43. The van der Waals surface area contributed by atoms with Gasteiger partial charge in [0, 0.05) is 32.3 Å². The molecule has 0 aliphatic carbocycles. The largest absolute Gasteiger partial charge is 0.382 e. The third kappa shape index (κ3) is 4.81. The summed E-state index contributed by atoms with van der Waals surface area (Å²) < 4.78 is 10.4. The second-order valence-corrected chi connectivity index (χ2v) is 7.01. The Bertz CT molecular complexity index is 537. The smallest absolute Gasteiger partial charge is 0.248 e. The molecule has 3 rings (SSSR count). The van der Waals surface area contributed by atoms with Gasteiger partial charge in [-0.05, 0) is 37.8 Å². The van der Waals surface area contributed by atoms with Crippen molar-refractivity contribution in [3.8, 4) is 0 Å². The molecular formula is C20H30N2O3. The molecule has 0 bridgehead atoms. The summed E-state index contributed by atoms with van der Waals surface area (Å²) in [5, 5.41) is 0. The predicted octanol–water partition coefficient (Wildman–Crippen LogP) is 2.30. The van der Waals surface area contributed by atoms with Crippen LogP contribution >= 0.6 is 0 Å². The molecule has 0 saturated carbocycles. The number of amides is 1. The molecule has 0 radical (unpaired) electrons. The SMILES string of the molecule is COCCOCC(=O)N1CCC[C@H]1[C@@H]1CCCN1Cc1ccccc1. The molecule has 0 unspecified atom stereocenters. The summed E-state index contributed by atoms with van der Waals surface area (Å²) in [6.07, 6.45) is 4.62. The van der Waals surface area contributed by atoms with Crippen molar-refractivity contribution in [1.82, 2.24) is 9.80 Å². The van der Waals surface area contributed by atoms with Gasteiger partial charge in [0.2, 0.25) is 5.91 Å². The van der Waals surface area contributed by atoms with Crippen LogP contribution in [0.15, 0.2) is 30.3 Å². The molecule has 5 heteroatoms. The lowest BCUT2D eigenvalue weighted by Gasteiger charge is -2.35. The van der Waals surface area contributed by atoms with Crippen LogP contribution in [0.4, 0.5) is 0 Å². The number of hydrogen-bond acceptors (Lipinski definition) is 4. The molecule has 2 aliphatic heterocycles. The zero-order chi connectivity index (χ0) is 17.5. The van der Waals surface area contributed by atoms with Crippen LogP contribution in [0.1, 0.15) is 31.2 Å². The van der Waals surface area contributed by atoms with Gasteiger partial charge in [0.15, 0.2) is 0 Å². The van der Waals surface area contributed by atoms with Crippen molar-refractivity contribution in [3.63, 3.8) is 0 Å². The summed E-state index contributed by atoms with van der Waals surface area (Å²) in [6, 6.07) is 11.5. The van der Waals surface area contributed by atoms with Crippen molar-refractivity contribution in [2.45, 2.75) is 44.3 Å². The molecule has 2 aliphatic rings. The van der Waals surface area contributed by atoms with Gasteiger partial charge in [-0.3, -0.25) is 9.69 Å². The van der Waals surface area contributed by atoms with Crippen molar-refractivity contribution >= 4 is 5.91 Å². The van der Waals surface area contributed by atoms with Crippen molar-refractivity contribution in [2.75, 3.05) is 40.0 Å². The maximum atomic E-state index is 12.6. The van der Waals surface area contributed by atoms with Gasteiger partial charge in [0.25, 0.3) is 0 Å². The Labute approximate surface area is 150 Å². The van der Waals surface area contributed by atoms with Crippen LogP contribution in [0.3, 0.4) is 0 Å². The van der Waals surface area contributed by atoms with Gasteiger partial charge in [-0.25, -0.2) is 0 Å². The van der Waals surface area contributed by atoms with Gasteiger partial charge >= 0.3 is 0 Å². The fraction of sp³-hybridized carbons (Fsp3) is 0.650. The lowest BCUT2D eigenvalue weighted by Crippen LogP contribution is -2.49. The number of likely N-dealkylation sites (tertiary alicyclic amines) is 2. The Hall–Kier alpha value is -1.43. The zero-order valence-corrected chi connectivity index (χ0v) is 15.2. The summed E-state index contributed by atoms with van der Waals surface area (Å²) in [6.45, 7) is 4.16. The number of ether oxygens (including phenoxy) is 2. The average molecular weight is 346 g/mol. The Morgan fingerprint density at radius 3 is 2.64 bits per heavy atom. The van der Waals surface area contributed by atoms with Crippen LogP contribution in [0, 0.1) is 0 Å². The molecule has 1 amide bonds. The average Bonchev–Trinajstić information content (AvgIpc) is 3.28. The lowest BCUT2D eigenvalue weighted by atomic mass is 10.0. The van der Waals surface area contributed by atoms with Crippen LogP contribution in [0.5, 0.6) is 0 Å². The number of carbonyl (C=O) groups is 1. The van der Waals surface area contributed by atoms with Gasteiger partial charge < -0.3 is 14.4 Å². The van der Waals surface area contributed by atoms with Crippen molar-refractivity contribution < 1.29 is 14.3 Å². The van der Waals surface area contributed by atoms with E-state index in [1.54, 1.807) is 7.11 Å². The molecular weight excluding hydrogens is 316 g/mol. The summed E-state index contributed by atoms with van der Waals surface area (Å²) in [5.74, 6) is 0.130. The van der Waals surface area contributed by atoms with Gasteiger partial charge in [-0.1, -0.05) is 30.3 Å². The second kappa shape index (κ2) is 9.32. The molecule has 1 aromatic carbocycles. The monoisotopic (exact) mass is 346 g/mol. The van der Waals surface area contributed by atoms with Gasteiger partial charge in [-0.15, -0.1) is 0 Å². The minimum Gasteiger partial charge on any atom is -0.382 e. The van der Waals surface area contributed by atoms with Crippen LogP contribution in [0.25, 0.3) is 0 Å². The Balaban J connectivity index is 1.57. The van der Waals surface area contributed by atoms with Gasteiger partial charge in [-0.2, -0.15) is 0 Å². The van der Waals surface area contributed by atoms with E-state index in [4.69, 9.17) is 9.47 Å². The highest BCUT2D eigenvalue weighted by Gasteiger charge is 2.39. The van der Waals surface area contributed by atoms with E-state index in [-0.39, 0.29) is 12.5 Å². The number of nitrogens with zero attached hydrogens (tertiary/aromatic N) is 2. The lowest BCUT2D eigenvalue weighted by molar-refractivity contribution is -0.138. The normalized spacial score (nSPS) is 24.1. The molecule has 2 heterocycles. The van der Waals surface area contributed by atoms with E-state index in [9.17, 15) is 4.79 Å². The number of rotatable bonds is 8. The minimum absolute atomic E-state index is 0.130. The summed E-state index contributed by atoms with van der Waals surface area (Å²) in [7, 11) is 1.64. The fourth-order valence-electron chi connectivity index (χ4n) is 4.19. The summed E-state index contributed by atoms with van der Waals surface area (Å²) >= 11 is 0. The van der Waals surface area contributed by atoms with Gasteiger partial charge in [0.1, 0.15) is 6.61 Å². The first kappa shape index (κ1) is 18.4. The van der Waals surface area contributed by atoms with E-state index >= 15 is 0 Å². The highest BCUT2D eigenvalue weighted by molar-refractivity contribution is 5.78. The van der Waals surface area contributed by atoms with Crippen LogP contribution in [-0.4, -0.2) is 67.8 Å². The standard InChI is InChI=1S/C20H30N2O3/c1-24-13-14-25-16-20(23)22-12-6-10-19(22)18-9-5-11-21(18)15-17-7-3-2-4-8-17/h2-4,7-8,18-19H,5-6,9-16H2,1H3/t18-,19-/m0/s1. The highest BCUT2D eigenvalue weighted by atomic mass is 16.5. The van der Waals surface area contributed by atoms with E-state index in [1.807, 2.05) is 0 Å². The summed E-state index contributed by atoms with van der Waals surface area (Å²) in [5.41, 5.74) is 1.35. The zero-order valence-electron chi connectivity index (χ0n) is 15.2. The van der Waals surface area contributed by atoms with Crippen LogP contribution < -0.4 is 0 Å². The molecule has 2 fully saturated rings. The predicted molar refractivity (Wildman–Crippen MR) is 97.3 cm³/mol. The second-order valence-electron chi connectivity index (χ2n) is 7.01. The van der Waals surface area contributed by atoms with E-state index in [0.29, 0.717) is 25.3 Å². The molecule has 0 aromatic heterocycles. The number of carbonyl (C=O) groups excluding carboxylic acids is 1. The maximum Gasteiger partial charge on any atom is 0.248 e. The molecule has 0 N–H and O–H groups in total. The first-order valence-electron chi connectivity index (χ1n) is 9.43. The van der Waals surface area contributed by atoms with Gasteiger partial charge in [0.05, 0.1) is 13.2 Å². The topological polar surface area (TPSA) is 42.0 Å². The minimum atomic E-state index is 0.130. The Morgan fingerprint density at radius 2 is 1.84 bits per heavy atom. The molecule has 0 spiro atoms. The highest BCUT2D eigenvalue weighted by Crippen LogP contribution is 2.31. The fourth-order valence-corrected chi connectivity index (χ4v) is 4.19.